The van der Waals surface area contributed by atoms with Crippen LogP contribution in [0, 0.1) is 0 Å². The predicted octanol–water partition coefficient (Wildman–Crippen LogP) is 5.63. The molecule has 0 bridgehead atoms. The number of hydrogen-bond donors (Lipinski definition) is 1. The van der Waals surface area contributed by atoms with E-state index in [0.29, 0.717) is 22.3 Å². The number of benzene rings is 2. The molecule has 0 atom stereocenters. The Bertz CT molecular complexity index is 1030. The molecule has 0 unspecified atom stereocenters. The maximum absolute atomic E-state index is 12.6. The quantitative estimate of drug-likeness (QED) is 0.421. The fourth-order valence-corrected chi connectivity index (χ4v) is 3.03. The maximum Gasteiger partial charge on any atom is 0.416 e. The van der Waals surface area contributed by atoms with E-state index >= 15 is 0 Å². The van der Waals surface area contributed by atoms with Crippen molar-refractivity contribution >= 4 is 35.4 Å². The summed E-state index contributed by atoms with van der Waals surface area (Å²) in [7, 11) is 0. The topological polar surface area (TPSA) is 76.2 Å². The van der Waals surface area contributed by atoms with E-state index in [0.717, 1.165) is 12.1 Å². The van der Waals surface area contributed by atoms with Gasteiger partial charge in [-0.05, 0) is 47.7 Å². The predicted molar refractivity (Wildman–Crippen MR) is 97.7 cm³/mol. The van der Waals surface area contributed by atoms with E-state index < -0.39 is 17.7 Å². The van der Waals surface area contributed by atoms with Gasteiger partial charge in [0.15, 0.2) is 0 Å². The van der Waals surface area contributed by atoms with Gasteiger partial charge >= 0.3 is 12.1 Å². The number of alkyl halides is 3. The molecule has 0 spiro atoms. The highest BCUT2D eigenvalue weighted by Crippen LogP contribution is 2.33. The van der Waals surface area contributed by atoms with Crippen molar-refractivity contribution in [2.75, 3.05) is 0 Å². The van der Waals surface area contributed by atoms with Crippen LogP contribution in [-0.4, -0.2) is 21.3 Å². The largest absolute Gasteiger partial charge is 0.477 e. The van der Waals surface area contributed by atoms with Crippen LogP contribution >= 0.6 is 23.4 Å². The van der Waals surface area contributed by atoms with Crippen LogP contribution in [0.25, 0.3) is 17.5 Å². The minimum absolute atomic E-state index is 0.0459. The van der Waals surface area contributed by atoms with Gasteiger partial charge in [0.25, 0.3) is 5.22 Å². The number of nitrogens with zero attached hydrogens (tertiary/aromatic N) is 2. The Balaban J connectivity index is 1.83. The maximum atomic E-state index is 12.6. The molecular formula is C18H10ClF3N2O3S. The highest BCUT2D eigenvalue weighted by molar-refractivity contribution is 8.03. The lowest BCUT2D eigenvalue weighted by atomic mass is 10.1. The van der Waals surface area contributed by atoms with Crippen molar-refractivity contribution in [1.82, 2.24) is 10.2 Å². The average molecular weight is 427 g/mol. The van der Waals surface area contributed by atoms with Crippen molar-refractivity contribution in [2.24, 2.45) is 0 Å². The molecule has 28 heavy (non-hydrogen) atoms. The number of halogens is 4. The van der Waals surface area contributed by atoms with Crippen molar-refractivity contribution in [2.45, 2.75) is 11.4 Å². The van der Waals surface area contributed by atoms with Crippen molar-refractivity contribution in [3.8, 4) is 11.5 Å². The molecule has 0 aliphatic carbocycles. The van der Waals surface area contributed by atoms with E-state index in [-0.39, 0.29) is 21.6 Å². The molecule has 10 heteroatoms. The van der Waals surface area contributed by atoms with Crippen LogP contribution in [0.3, 0.4) is 0 Å². The Morgan fingerprint density at radius 3 is 2.39 bits per heavy atom. The van der Waals surface area contributed by atoms with E-state index in [2.05, 4.69) is 10.2 Å². The second-order valence-corrected chi connectivity index (χ2v) is 6.79. The average Bonchev–Trinajstić information content (AvgIpc) is 3.09. The summed E-state index contributed by atoms with van der Waals surface area (Å²) >= 11 is 6.73. The summed E-state index contributed by atoms with van der Waals surface area (Å²) in [5.41, 5.74) is -0.0497. The van der Waals surface area contributed by atoms with Gasteiger partial charge in [0, 0.05) is 0 Å². The molecule has 5 nitrogen and oxygen atoms in total. The summed E-state index contributed by atoms with van der Waals surface area (Å²) in [4.78, 5) is 11.3. The van der Waals surface area contributed by atoms with E-state index in [4.69, 9.17) is 16.0 Å². The first-order chi connectivity index (χ1) is 13.2. The van der Waals surface area contributed by atoms with Gasteiger partial charge < -0.3 is 9.52 Å². The molecule has 3 rings (SSSR count). The zero-order chi connectivity index (χ0) is 20.3. The lowest BCUT2D eigenvalue weighted by Gasteiger charge is -2.06. The molecule has 0 aliphatic rings. The van der Waals surface area contributed by atoms with Gasteiger partial charge in [-0.2, -0.15) is 13.2 Å². The molecule has 0 saturated carbocycles. The minimum atomic E-state index is -4.47. The molecule has 0 fully saturated rings. The highest BCUT2D eigenvalue weighted by atomic mass is 35.5. The lowest BCUT2D eigenvalue weighted by Crippen LogP contribution is -2.04. The van der Waals surface area contributed by atoms with Crippen molar-refractivity contribution in [1.29, 1.82) is 0 Å². The third-order valence-corrected chi connectivity index (χ3v) is 4.64. The molecule has 0 radical (unpaired) electrons. The fourth-order valence-electron chi connectivity index (χ4n) is 2.14. The summed E-state index contributed by atoms with van der Waals surface area (Å²) < 4.78 is 43.3. The van der Waals surface area contributed by atoms with Crippen LogP contribution in [-0.2, 0) is 11.0 Å². The molecule has 3 aromatic rings. The van der Waals surface area contributed by atoms with Crippen molar-refractivity contribution < 1.29 is 27.5 Å². The Morgan fingerprint density at radius 2 is 1.79 bits per heavy atom. The summed E-state index contributed by atoms with van der Waals surface area (Å²) in [5.74, 6) is -1.17. The van der Waals surface area contributed by atoms with Crippen molar-refractivity contribution in [3.63, 3.8) is 0 Å². The first-order valence-electron chi connectivity index (χ1n) is 7.62. The molecule has 1 heterocycles. The van der Waals surface area contributed by atoms with Gasteiger partial charge in [-0.25, -0.2) is 4.79 Å². The third kappa shape index (κ3) is 4.73. The summed E-state index contributed by atoms with van der Waals surface area (Å²) in [6.07, 6.45) is -3.25. The molecule has 2 aromatic carbocycles. The first kappa shape index (κ1) is 20.0. The van der Waals surface area contributed by atoms with E-state index in [1.807, 2.05) is 0 Å². The molecular weight excluding hydrogens is 417 g/mol. The Morgan fingerprint density at radius 1 is 1.11 bits per heavy atom. The standard InChI is InChI=1S/C18H10ClF3N2O3S/c19-13-4-2-1-3-12(13)15-23-24-17(27-15)28-14(16(25)26)9-10-5-7-11(8-6-10)18(20,21)22/h1-9H,(H,25,26)/b14-9+. The van der Waals surface area contributed by atoms with Crippen LogP contribution in [0.2, 0.25) is 5.02 Å². The molecule has 0 saturated heterocycles. The molecule has 0 amide bonds. The zero-order valence-corrected chi connectivity index (χ0v) is 15.3. The van der Waals surface area contributed by atoms with Gasteiger partial charge in [-0.15, -0.1) is 10.2 Å². The van der Waals surface area contributed by atoms with Gasteiger partial charge in [-0.3, -0.25) is 0 Å². The lowest BCUT2D eigenvalue weighted by molar-refractivity contribution is -0.137. The Hall–Kier alpha value is -2.78. The highest BCUT2D eigenvalue weighted by Gasteiger charge is 2.29. The first-order valence-corrected chi connectivity index (χ1v) is 8.82. The number of hydrogen-bond acceptors (Lipinski definition) is 5. The molecule has 0 aliphatic heterocycles. The summed E-state index contributed by atoms with van der Waals surface area (Å²) in [6.45, 7) is 0. The molecule has 144 valence electrons. The Kier molecular flexibility index (Phi) is 5.76. The summed E-state index contributed by atoms with van der Waals surface area (Å²) in [5, 5.41) is 17.3. The van der Waals surface area contributed by atoms with Crippen LogP contribution in [0.4, 0.5) is 13.2 Å². The molecule has 1 N–H and O–H groups in total. The van der Waals surface area contributed by atoms with Crippen LogP contribution in [0.5, 0.6) is 0 Å². The Labute approximate surface area is 165 Å². The third-order valence-electron chi connectivity index (χ3n) is 3.45. The SMILES string of the molecule is O=C(O)/C(=C\c1ccc(C(F)(F)F)cc1)Sc1nnc(-c2ccccc2Cl)o1. The van der Waals surface area contributed by atoms with Gasteiger partial charge in [-0.1, -0.05) is 35.9 Å². The number of rotatable bonds is 5. The van der Waals surface area contributed by atoms with Gasteiger partial charge in [0.1, 0.15) is 4.91 Å². The molecule has 1 aromatic heterocycles. The smallest absolute Gasteiger partial charge is 0.416 e. The van der Waals surface area contributed by atoms with Crippen LogP contribution in [0.15, 0.2) is 63.1 Å². The summed E-state index contributed by atoms with van der Waals surface area (Å²) in [6, 6.07) is 10.9. The van der Waals surface area contributed by atoms with Gasteiger partial charge in [0.05, 0.1) is 16.1 Å². The number of carboxylic acid groups (broad SMARTS) is 1. The normalized spacial score (nSPS) is 12.2. The van der Waals surface area contributed by atoms with E-state index in [1.54, 1.807) is 24.3 Å². The number of carbonyl (C=O) groups is 1. The van der Waals surface area contributed by atoms with Gasteiger partial charge in [0.2, 0.25) is 5.89 Å². The number of aliphatic carboxylic acids is 1. The minimum Gasteiger partial charge on any atom is -0.477 e. The van der Waals surface area contributed by atoms with Crippen molar-refractivity contribution in [3.05, 3.63) is 69.6 Å². The van der Waals surface area contributed by atoms with Crippen LogP contribution in [0.1, 0.15) is 11.1 Å². The second-order valence-electron chi connectivity index (χ2n) is 5.39. The van der Waals surface area contributed by atoms with Crippen LogP contribution < -0.4 is 0 Å². The second kappa shape index (κ2) is 8.07. The number of carboxylic acids is 1. The monoisotopic (exact) mass is 426 g/mol. The van der Waals surface area contributed by atoms with E-state index in [1.165, 1.54) is 18.2 Å². The number of thioether (sulfide) groups is 1. The zero-order valence-electron chi connectivity index (χ0n) is 13.8. The van der Waals surface area contributed by atoms with E-state index in [9.17, 15) is 23.1 Å². The fraction of sp³-hybridized carbons (Fsp3) is 0.0556. The number of aromatic nitrogens is 2.